The number of amides is 1. The summed E-state index contributed by atoms with van der Waals surface area (Å²) >= 11 is 7.61. The second-order valence-corrected chi connectivity index (χ2v) is 7.56. The maximum Gasteiger partial charge on any atom is 0.251 e. The molecular formula is C22H19ClFNOS. The lowest BCUT2D eigenvalue weighted by atomic mass is 10.1. The Kier molecular flexibility index (Phi) is 6.91. The Hall–Kier alpha value is -2.30. The van der Waals surface area contributed by atoms with Gasteiger partial charge in [-0.25, -0.2) is 4.39 Å². The molecule has 3 rings (SSSR count). The number of carbonyl (C=O) groups excluding carboxylic acids is 1. The molecule has 0 aliphatic heterocycles. The van der Waals surface area contributed by atoms with Crippen LogP contribution in [0.25, 0.3) is 0 Å². The second-order valence-electron chi connectivity index (χ2n) is 6.07. The number of halogens is 2. The van der Waals surface area contributed by atoms with Gasteiger partial charge in [-0.2, -0.15) is 0 Å². The van der Waals surface area contributed by atoms with Crippen LogP contribution < -0.4 is 5.32 Å². The average molecular weight is 400 g/mol. The van der Waals surface area contributed by atoms with Gasteiger partial charge < -0.3 is 5.32 Å². The number of nitrogens with one attached hydrogen (secondary N) is 1. The molecule has 27 heavy (non-hydrogen) atoms. The van der Waals surface area contributed by atoms with E-state index in [0.717, 1.165) is 26.8 Å². The van der Waals surface area contributed by atoms with Gasteiger partial charge in [0.2, 0.25) is 0 Å². The van der Waals surface area contributed by atoms with E-state index in [1.54, 1.807) is 23.9 Å². The molecule has 1 N–H and O–H groups in total. The summed E-state index contributed by atoms with van der Waals surface area (Å²) in [7, 11) is 0. The van der Waals surface area contributed by atoms with Gasteiger partial charge in [0.05, 0.1) is 0 Å². The minimum Gasteiger partial charge on any atom is -0.352 e. The topological polar surface area (TPSA) is 29.1 Å². The third-order valence-corrected chi connectivity index (χ3v) is 5.38. The van der Waals surface area contributed by atoms with Crippen molar-refractivity contribution >= 4 is 29.3 Å². The van der Waals surface area contributed by atoms with Crippen molar-refractivity contribution in [2.75, 3.05) is 6.54 Å². The van der Waals surface area contributed by atoms with Crippen LogP contribution in [0.2, 0.25) is 5.02 Å². The van der Waals surface area contributed by atoms with Gasteiger partial charge in [0.1, 0.15) is 5.82 Å². The van der Waals surface area contributed by atoms with Crippen LogP contribution in [0.1, 0.15) is 21.5 Å². The largest absolute Gasteiger partial charge is 0.352 e. The summed E-state index contributed by atoms with van der Waals surface area (Å²) in [5, 5.41) is 3.62. The van der Waals surface area contributed by atoms with Crippen LogP contribution >= 0.6 is 23.4 Å². The van der Waals surface area contributed by atoms with Crippen molar-refractivity contribution < 1.29 is 9.18 Å². The van der Waals surface area contributed by atoms with Gasteiger partial charge in [-0.3, -0.25) is 4.79 Å². The summed E-state index contributed by atoms with van der Waals surface area (Å²) < 4.78 is 12.9. The Balaban J connectivity index is 1.46. The second kappa shape index (κ2) is 9.58. The van der Waals surface area contributed by atoms with Crippen molar-refractivity contribution in [2.45, 2.75) is 17.1 Å². The normalized spacial score (nSPS) is 10.6. The highest BCUT2D eigenvalue weighted by atomic mass is 35.5. The summed E-state index contributed by atoms with van der Waals surface area (Å²) in [6, 6.07) is 21.7. The third-order valence-electron chi connectivity index (χ3n) is 4.05. The zero-order valence-corrected chi connectivity index (χ0v) is 16.2. The smallest absolute Gasteiger partial charge is 0.251 e. The number of carbonyl (C=O) groups is 1. The van der Waals surface area contributed by atoms with E-state index in [2.05, 4.69) is 5.32 Å². The van der Waals surface area contributed by atoms with Crippen LogP contribution in [0.4, 0.5) is 4.39 Å². The molecule has 2 nitrogen and oxygen atoms in total. The highest BCUT2D eigenvalue weighted by Gasteiger charge is 2.05. The third kappa shape index (κ3) is 6.12. The molecule has 0 fully saturated rings. The van der Waals surface area contributed by atoms with Crippen molar-refractivity contribution in [3.8, 4) is 0 Å². The lowest BCUT2D eigenvalue weighted by molar-refractivity contribution is 0.0954. The quantitative estimate of drug-likeness (QED) is 0.513. The first-order chi connectivity index (χ1) is 13.1. The summed E-state index contributed by atoms with van der Waals surface area (Å²) in [6.45, 7) is 0.513. The van der Waals surface area contributed by atoms with Crippen LogP contribution in [0.3, 0.4) is 0 Å². The van der Waals surface area contributed by atoms with Gasteiger partial charge in [-0.05, 0) is 66.1 Å². The molecule has 0 heterocycles. The van der Waals surface area contributed by atoms with E-state index >= 15 is 0 Å². The number of benzene rings is 3. The monoisotopic (exact) mass is 399 g/mol. The van der Waals surface area contributed by atoms with Crippen molar-refractivity contribution in [1.82, 2.24) is 5.32 Å². The van der Waals surface area contributed by atoms with E-state index in [1.807, 2.05) is 48.5 Å². The predicted octanol–water partition coefficient (Wildman–Crippen LogP) is 5.74. The summed E-state index contributed by atoms with van der Waals surface area (Å²) in [5.74, 6) is 0.472. The van der Waals surface area contributed by atoms with Crippen molar-refractivity contribution in [3.63, 3.8) is 0 Å². The molecule has 138 valence electrons. The van der Waals surface area contributed by atoms with Crippen LogP contribution in [0, 0.1) is 5.82 Å². The van der Waals surface area contributed by atoms with Gasteiger partial charge in [-0.15, -0.1) is 11.8 Å². The molecular weight excluding hydrogens is 381 g/mol. The number of hydrogen-bond donors (Lipinski definition) is 1. The lowest BCUT2D eigenvalue weighted by Gasteiger charge is -2.07. The van der Waals surface area contributed by atoms with E-state index in [1.165, 1.54) is 12.1 Å². The zero-order chi connectivity index (χ0) is 19.1. The standard InChI is InChI=1S/C22H19ClFNOS/c23-19-7-11-21(12-8-19)27-15-17-1-5-18(6-2-17)22(26)25-14-13-16-3-9-20(24)10-4-16/h1-12H,13-15H2,(H,25,26). The molecule has 0 unspecified atom stereocenters. The molecule has 5 heteroatoms. The molecule has 3 aromatic carbocycles. The van der Waals surface area contributed by atoms with Gasteiger partial charge >= 0.3 is 0 Å². The minimum absolute atomic E-state index is 0.103. The molecule has 3 aromatic rings. The molecule has 0 aliphatic carbocycles. The number of rotatable bonds is 7. The SMILES string of the molecule is O=C(NCCc1ccc(F)cc1)c1ccc(CSc2ccc(Cl)cc2)cc1. The van der Waals surface area contributed by atoms with E-state index in [-0.39, 0.29) is 11.7 Å². The van der Waals surface area contributed by atoms with Crippen LogP contribution in [-0.4, -0.2) is 12.5 Å². The van der Waals surface area contributed by atoms with Crippen LogP contribution in [0.15, 0.2) is 77.7 Å². The van der Waals surface area contributed by atoms with Crippen molar-refractivity contribution in [3.05, 3.63) is 100 Å². The lowest BCUT2D eigenvalue weighted by Crippen LogP contribution is -2.25. The average Bonchev–Trinajstić information content (AvgIpc) is 2.69. The molecule has 0 aromatic heterocycles. The first-order valence-corrected chi connectivity index (χ1v) is 9.96. The number of hydrogen-bond acceptors (Lipinski definition) is 2. The molecule has 0 bridgehead atoms. The van der Waals surface area contributed by atoms with Crippen LogP contribution in [0.5, 0.6) is 0 Å². The molecule has 0 radical (unpaired) electrons. The van der Waals surface area contributed by atoms with E-state index < -0.39 is 0 Å². The summed E-state index contributed by atoms with van der Waals surface area (Å²) in [4.78, 5) is 13.4. The highest BCUT2D eigenvalue weighted by molar-refractivity contribution is 7.98. The van der Waals surface area contributed by atoms with Crippen LogP contribution in [-0.2, 0) is 12.2 Å². The van der Waals surface area contributed by atoms with Gasteiger partial charge in [0.25, 0.3) is 5.91 Å². The maximum absolute atomic E-state index is 12.9. The highest BCUT2D eigenvalue weighted by Crippen LogP contribution is 2.24. The Bertz CT molecular complexity index is 880. The number of thioether (sulfide) groups is 1. The molecule has 0 spiro atoms. The van der Waals surface area contributed by atoms with Crippen molar-refractivity contribution in [2.24, 2.45) is 0 Å². The Morgan fingerprint density at radius 2 is 1.52 bits per heavy atom. The van der Waals surface area contributed by atoms with E-state index in [0.29, 0.717) is 18.5 Å². The molecule has 1 amide bonds. The molecule has 0 atom stereocenters. The molecule has 0 saturated heterocycles. The zero-order valence-electron chi connectivity index (χ0n) is 14.6. The maximum atomic E-state index is 12.9. The fourth-order valence-corrected chi connectivity index (χ4v) is 3.50. The van der Waals surface area contributed by atoms with Gasteiger partial charge in [0.15, 0.2) is 0 Å². The predicted molar refractivity (Wildman–Crippen MR) is 110 cm³/mol. The summed E-state index contributed by atoms with van der Waals surface area (Å²) in [5.41, 5.74) is 2.78. The fraction of sp³-hybridized carbons (Fsp3) is 0.136. The van der Waals surface area contributed by atoms with Crippen molar-refractivity contribution in [1.29, 1.82) is 0 Å². The first kappa shape index (κ1) is 19.5. The molecule has 0 aliphatic rings. The van der Waals surface area contributed by atoms with Gasteiger partial charge in [0, 0.05) is 27.8 Å². The first-order valence-electron chi connectivity index (χ1n) is 8.60. The Labute approximate surface area is 167 Å². The Morgan fingerprint density at radius 1 is 0.889 bits per heavy atom. The summed E-state index contributed by atoms with van der Waals surface area (Å²) in [6.07, 6.45) is 0.668. The minimum atomic E-state index is -0.253. The van der Waals surface area contributed by atoms with Gasteiger partial charge in [-0.1, -0.05) is 35.9 Å². The Morgan fingerprint density at radius 3 is 2.19 bits per heavy atom. The van der Waals surface area contributed by atoms with E-state index in [4.69, 9.17) is 11.6 Å². The fourth-order valence-electron chi connectivity index (χ4n) is 2.52. The molecule has 0 saturated carbocycles. The van der Waals surface area contributed by atoms with E-state index in [9.17, 15) is 9.18 Å².